The molecule has 0 aliphatic carbocycles. The number of rotatable bonds is 5. The Morgan fingerprint density at radius 1 is 1.13 bits per heavy atom. The van der Waals surface area contributed by atoms with Crippen molar-refractivity contribution in [2.75, 3.05) is 11.9 Å². The van der Waals surface area contributed by atoms with E-state index in [2.05, 4.69) is 37.2 Å². The van der Waals surface area contributed by atoms with E-state index in [-0.39, 0.29) is 17.4 Å². The Bertz CT molecular complexity index is 823. The highest BCUT2D eigenvalue weighted by Gasteiger charge is 2.09. The fraction of sp³-hybridized carbons (Fsp3) is 0.0714. The van der Waals surface area contributed by atoms with Gasteiger partial charge in [-0.15, -0.1) is 0 Å². The average molecular weight is 464 g/mol. The van der Waals surface area contributed by atoms with Gasteiger partial charge in [0.1, 0.15) is 5.75 Å². The molecule has 1 amide bonds. The lowest BCUT2D eigenvalue weighted by atomic mass is 10.3. The molecule has 0 heterocycles. The fourth-order valence-corrected chi connectivity index (χ4v) is 3.34. The van der Waals surface area contributed by atoms with E-state index >= 15 is 0 Å². The number of halogens is 2. The Kier molecular flexibility index (Phi) is 5.79. The lowest BCUT2D eigenvalue weighted by molar-refractivity contribution is -0.118. The molecule has 0 radical (unpaired) electrons. The van der Waals surface area contributed by atoms with Crippen molar-refractivity contribution < 1.29 is 17.9 Å². The first-order valence-corrected chi connectivity index (χ1v) is 9.39. The number of nitrogens with one attached hydrogen (secondary N) is 1. The topological polar surface area (TPSA) is 98.5 Å². The number of carbonyl (C=O) groups excluding carboxylic acids is 1. The molecule has 0 saturated carbocycles. The van der Waals surface area contributed by atoms with E-state index in [1.165, 1.54) is 24.3 Å². The molecule has 0 bridgehead atoms. The lowest BCUT2D eigenvalue weighted by Gasteiger charge is -2.09. The smallest absolute Gasteiger partial charge is 0.262 e. The van der Waals surface area contributed by atoms with Gasteiger partial charge in [0.15, 0.2) is 6.61 Å². The zero-order chi connectivity index (χ0) is 17.0. The van der Waals surface area contributed by atoms with Crippen LogP contribution in [0.2, 0.25) is 0 Å². The Morgan fingerprint density at radius 2 is 1.78 bits per heavy atom. The average Bonchev–Trinajstić information content (AvgIpc) is 2.46. The molecule has 2 aromatic rings. The molecule has 6 nitrogen and oxygen atoms in total. The molecule has 0 unspecified atom stereocenters. The summed E-state index contributed by atoms with van der Waals surface area (Å²) in [6.07, 6.45) is 0. The van der Waals surface area contributed by atoms with Gasteiger partial charge in [0, 0.05) is 10.2 Å². The van der Waals surface area contributed by atoms with Crippen molar-refractivity contribution in [3.05, 3.63) is 51.4 Å². The maximum Gasteiger partial charge on any atom is 0.262 e. The number of hydrogen-bond donors (Lipinski definition) is 2. The molecule has 2 aromatic carbocycles. The van der Waals surface area contributed by atoms with Crippen LogP contribution in [0.1, 0.15) is 0 Å². The van der Waals surface area contributed by atoms with Crippen LogP contribution >= 0.6 is 31.9 Å². The van der Waals surface area contributed by atoms with Crippen LogP contribution in [0.4, 0.5) is 5.69 Å². The molecule has 0 atom stereocenters. The highest BCUT2D eigenvalue weighted by Crippen LogP contribution is 2.28. The van der Waals surface area contributed by atoms with Crippen LogP contribution in [-0.4, -0.2) is 20.9 Å². The summed E-state index contributed by atoms with van der Waals surface area (Å²) in [4.78, 5) is 11.8. The number of hydrogen-bond acceptors (Lipinski definition) is 4. The molecule has 0 spiro atoms. The van der Waals surface area contributed by atoms with Gasteiger partial charge in [0.05, 0.1) is 9.37 Å². The van der Waals surface area contributed by atoms with E-state index in [4.69, 9.17) is 9.88 Å². The number of sulfonamides is 1. The number of primary sulfonamides is 1. The summed E-state index contributed by atoms with van der Waals surface area (Å²) in [5.41, 5.74) is 0.445. The van der Waals surface area contributed by atoms with E-state index < -0.39 is 10.0 Å². The van der Waals surface area contributed by atoms with Crippen LogP contribution in [-0.2, 0) is 14.8 Å². The molecule has 122 valence electrons. The summed E-state index contributed by atoms with van der Waals surface area (Å²) in [7, 11) is -3.75. The zero-order valence-electron chi connectivity index (χ0n) is 11.6. The summed E-state index contributed by atoms with van der Waals surface area (Å²) in [5, 5.41) is 7.60. The van der Waals surface area contributed by atoms with Crippen molar-refractivity contribution in [3.63, 3.8) is 0 Å². The van der Waals surface area contributed by atoms with Gasteiger partial charge in [-0.3, -0.25) is 4.79 Å². The lowest BCUT2D eigenvalue weighted by Crippen LogP contribution is -2.20. The number of carbonyl (C=O) groups is 1. The molecule has 0 saturated heterocycles. The normalized spacial score (nSPS) is 11.1. The molecule has 3 N–H and O–H groups in total. The Morgan fingerprint density at radius 3 is 2.35 bits per heavy atom. The number of anilines is 1. The van der Waals surface area contributed by atoms with Gasteiger partial charge in [-0.1, -0.05) is 15.9 Å². The summed E-state index contributed by atoms with van der Waals surface area (Å²) in [6.45, 7) is -0.183. The van der Waals surface area contributed by atoms with E-state index in [0.717, 1.165) is 8.95 Å². The van der Waals surface area contributed by atoms with E-state index in [1.54, 1.807) is 18.2 Å². The second-order valence-corrected chi connectivity index (χ2v) is 7.81. The standard InChI is InChI=1S/C14H12Br2N2O4S/c15-9-1-6-13(12(16)7-9)22-8-14(19)18-10-2-4-11(5-3-10)23(17,20)21/h1-7H,8H2,(H,18,19)(H2,17,20,21). The quantitative estimate of drug-likeness (QED) is 0.712. The number of benzene rings is 2. The van der Waals surface area contributed by atoms with E-state index in [9.17, 15) is 13.2 Å². The summed E-state index contributed by atoms with van der Waals surface area (Å²) in [5.74, 6) is 0.163. The molecule has 2 rings (SSSR count). The number of ether oxygens (including phenoxy) is 1. The van der Waals surface area contributed by atoms with Crippen molar-refractivity contribution in [3.8, 4) is 5.75 Å². The Labute approximate surface area is 150 Å². The van der Waals surface area contributed by atoms with Crippen LogP contribution in [0.15, 0.2) is 56.3 Å². The number of amides is 1. The molecular formula is C14H12Br2N2O4S. The largest absolute Gasteiger partial charge is 0.483 e. The van der Waals surface area contributed by atoms with Gasteiger partial charge in [0.25, 0.3) is 5.91 Å². The Balaban J connectivity index is 1.94. The maximum absolute atomic E-state index is 11.8. The third-order valence-electron chi connectivity index (χ3n) is 2.72. The molecule has 9 heteroatoms. The summed E-state index contributed by atoms with van der Waals surface area (Å²) >= 11 is 6.66. The van der Waals surface area contributed by atoms with Gasteiger partial charge in [-0.25, -0.2) is 13.6 Å². The first-order valence-electron chi connectivity index (χ1n) is 6.26. The van der Waals surface area contributed by atoms with Crippen LogP contribution in [0.3, 0.4) is 0 Å². The van der Waals surface area contributed by atoms with Gasteiger partial charge in [-0.05, 0) is 58.4 Å². The maximum atomic E-state index is 11.8. The Hall–Kier alpha value is -1.42. The summed E-state index contributed by atoms with van der Waals surface area (Å²) < 4.78 is 29.3. The van der Waals surface area contributed by atoms with Crippen molar-refractivity contribution in [2.24, 2.45) is 5.14 Å². The minimum absolute atomic E-state index is 0.0226. The van der Waals surface area contributed by atoms with Crippen LogP contribution in [0.25, 0.3) is 0 Å². The highest BCUT2D eigenvalue weighted by molar-refractivity contribution is 9.11. The van der Waals surface area contributed by atoms with Crippen molar-refractivity contribution in [1.82, 2.24) is 0 Å². The monoisotopic (exact) mass is 462 g/mol. The van der Waals surface area contributed by atoms with Crippen molar-refractivity contribution in [1.29, 1.82) is 0 Å². The van der Waals surface area contributed by atoms with Crippen LogP contribution < -0.4 is 15.2 Å². The SMILES string of the molecule is NS(=O)(=O)c1ccc(NC(=O)COc2ccc(Br)cc2Br)cc1. The molecule has 0 aliphatic heterocycles. The first-order chi connectivity index (χ1) is 10.8. The third-order valence-corrected chi connectivity index (χ3v) is 4.76. The van der Waals surface area contributed by atoms with E-state index in [0.29, 0.717) is 11.4 Å². The van der Waals surface area contributed by atoms with Crippen LogP contribution in [0, 0.1) is 0 Å². The molecule has 23 heavy (non-hydrogen) atoms. The van der Waals surface area contributed by atoms with Gasteiger partial charge in [-0.2, -0.15) is 0 Å². The minimum Gasteiger partial charge on any atom is -0.483 e. The van der Waals surface area contributed by atoms with Crippen molar-refractivity contribution in [2.45, 2.75) is 4.90 Å². The highest BCUT2D eigenvalue weighted by atomic mass is 79.9. The zero-order valence-corrected chi connectivity index (χ0v) is 15.6. The molecular weight excluding hydrogens is 452 g/mol. The molecule has 0 aromatic heterocycles. The second kappa shape index (κ2) is 7.43. The predicted octanol–water partition coefficient (Wildman–Crippen LogP) is 2.88. The third kappa shape index (κ3) is 5.31. The second-order valence-electron chi connectivity index (χ2n) is 4.48. The van der Waals surface area contributed by atoms with E-state index in [1.807, 2.05) is 0 Å². The molecule has 0 aliphatic rings. The summed E-state index contributed by atoms with van der Waals surface area (Å²) in [6, 6.07) is 10.9. The van der Waals surface area contributed by atoms with Gasteiger partial charge in [0.2, 0.25) is 10.0 Å². The van der Waals surface area contributed by atoms with Gasteiger partial charge >= 0.3 is 0 Å². The molecule has 0 fully saturated rings. The van der Waals surface area contributed by atoms with Crippen molar-refractivity contribution >= 4 is 53.5 Å². The van der Waals surface area contributed by atoms with Gasteiger partial charge < -0.3 is 10.1 Å². The predicted molar refractivity (Wildman–Crippen MR) is 93.8 cm³/mol. The van der Waals surface area contributed by atoms with Crippen LogP contribution in [0.5, 0.6) is 5.75 Å². The first kappa shape index (κ1) is 17.9. The number of nitrogens with two attached hydrogens (primary N) is 1. The minimum atomic E-state index is -3.75. The fourth-order valence-electron chi connectivity index (χ4n) is 1.66.